The van der Waals surface area contributed by atoms with Gasteiger partial charge in [-0.15, -0.1) is 0 Å². The van der Waals surface area contributed by atoms with Gasteiger partial charge in [-0.2, -0.15) is 0 Å². The summed E-state index contributed by atoms with van der Waals surface area (Å²) in [5.74, 6) is 0. The van der Waals surface area contributed by atoms with E-state index in [4.69, 9.17) is 0 Å². The van der Waals surface area contributed by atoms with Crippen molar-refractivity contribution >= 4 is 17.7 Å². The molecule has 0 aromatic rings. The van der Waals surface area contributed by atoms with Crippen LogP contribution >= 0.6 is 0 Å². The Bertz CT molecular complexity index is 272. The second-order valence-corrected chi connectivity index (χ2v) is 6.51. The minimum atomic E-state index is 0.564. The topological polar surface area (TPSA) is 6.48 Å². The van der Waals surface area contributed by atoms with Gasteiger partial charge >= 0.3 is 123 Å². The molecule has 99 valence electrons. The van der Waals surface area contributed by atoms with Crippen LogP contribution in [0.5, 0.6) is 0 Å². The van der Waals surface area contributed by atoms with Gasteiger partial charge in [0.1, 0.15) is 0 Å². The van der Waals surface area contributed by atoms with Crippen molar-refractivity contribution in [3.8, 4) is 0 Å². The van der Waals surface area contributed by atoms with Gasteiger partial charge < -0.3 is 0 Å². The van der Waals surface area contributed by atoms with Crippen molar-refractivity contribution in [2.75, 3.05) is 0 Å². The summed E-state index contributed by atoms with van der Waals surface area (Å²) in [5, 5.41) is 0. The van der Waals surface area contributed by atoms with E-state index in [1.165, 1.54) is 16.0 Å². The number of hydrogen-bond acceptors (Lipinski definition) is 2. The Kier molecular flexibility index (Phi) is 5.27. The van der Waals surface area contributed by atoms with Crippen LogP contribution in [0.25, 0.3) is 0 Å². The molecule has 0 amide bonds. The van der Waals surface area contributed by atoms with E-state index in [1.807, 2.05) is 0 Å². The first-order valence-corrected chi connectivity index (χ1v) is 7.35. The SMILES string of the molecule is [Li][C]1C(N(C(C)C)C(C)C)=C1N(C(C)C)C(C)C. The van der Waals surface area contributed by atoms with Gasteiger partial charge in [-0.3, -0.25) is 0 Å². The van der Waals surface area contributed by atoms with E-state index >= 15 is 0 Å². The van der Waals surface area contributed by atoms with Crippen LogP contribution in [0.1, 0.15) is 55.4 Å². The summed E-state index contributed by atoms with van der Waals surface area (Å²) in [6.07, 6.45) is 0. The van der Waals surface area contributed by atoms with Gasteiger partial charge in [0.05, 0.1) is 0 Å². The van der Waals surface area contributed by atoms with Crippen molar-refractivity contribution < 1.29 is 0 Å². The molecule has 0 fully saturated rings. The summed E-state index contributed by atoms with van der Waals surface area (Å²) >= 11 is 2.26. The fourth-order valence-corrected chi connectivity index (χ4v) is 3.11. The Morgan fingerprint density at radius 1 is 0.611 bits per heavy atom. The number of allylic oxidation sites excluding steroid dienone is 2. The van der Waals surface area contributed by atoms with Crippen LogP contribution < -0.4 is 0 Å². The number of rotatable bonds is 6. The summed E-state index contributed by atoms with van der Waals surface area (Å²) in [5.41, 5.74) is 2.98. The molecule has 1 rings (SSSR count). The van der Waals surface area contributed by atoms with E-state index in [0.717, 1.165) is 0 Å². The van der Waals surface area contributed by atoms with Crippen molar-refractivity contribution in [3.05, 3.63) is 16.0 Å². The van der Waals surface area contributed by atoms with Gasteiger partial charge in [0.15, 0.2) is 0 Å². The average Bonchev–Trinajstić information content (AvgIpc) is 2.76. The Hall–Kier alpha value is -0.0626. The van der Waals surface area contributed by atoms with Crippen LogP contribution in [0.4, 0.5) is 0 Å². The molecule has 1 radical (unpaired) electrons. The van der Waals surface area contributed by atoms with Gasteiger partial charge in [0.2, 0.25) is 0 Å². The van der Waals surface area contributed by atoms with Crippen molar-refractivity contribution in [2.24, 2.45) is 0 Å². The number of hydrogen-bond donors (Lipinski definition) is 0. The van der Waals surface area contributed by atoms with Crippen molar-refractivity contribution in [3.63, 3.8) is 0 Å². The van der Waals surface area contributed by atoms with Crippen LogP contribution in [-0.4, -0.2) is 51.7 Å². The average molecular weight is 243 g/mol. The molecule has 0 unspecified atom stereocenters. The maximum atomic E-state index is 2.54. The van der Waals surface area contributed by atoms with Gasteiger partial charge in [-0.25, -0.2) is 0 Å². The Labute approximate surface area is 123 Å². The quantitative estimate of drug-likeness (QED) is 0.661. The monoisotopic (exact) mass is 243 g/mol. The fraction of sp³-hybridized carbons (Fsp3) is 0.800. The third kappa shape index (κ3) is 3.09. The van der Waals surface area contributed by atoms with Crippen LogP contribution in [-0.2, 0) is 0 Å². The molecule has 0 aromatic heterocycles. The molecule has 1 aliphatic carbocycles. The molecule has 2 nitrogen and oxygen atoms in total. The van der Waals surface area contributed by atoms with Gasteiger partial charge in [-0.1, -0.05) is 0 Å². The zero-order chi connectivity index (χ0) is 14.2. The fourth-order valence-electron chi connectivity index (χ4n) is 3.11. The van der Waals surface area contributed by atoms with Crippen molar-refractivity contribution in [1.29, 1.82) is 0 Å². The van der Waals surface area contributed by atoms with E-state index in [9.17, 15) is 0 Å². The zero-order valence-corrected chi connectivity index (χ0v) is 13.7. The van der Waals surface area contributed by atoms with Crippen LogP contribution in [0, 0.1) is 4.59 Å². The predicted octanol–water partition coefficient (Wildman–Crippen LogP) is 3.15. The van der Waals surface area contributed by atoms with Crippen LogP contribution in [0.2, 0.25) is 0 Å². The van der Waals surface area contributed by atoms with Gasteiger partial charge in [-0.05, 0) is 0 Å². The second kappa shape index (κ2) is 5.93. The molecule has 1 aliphatic rings. The van der Waals surface area contributed by atoms with Crippen molar-refractivity contribution in [1.82, 2.24) is 9.80 Å². The standard InChI is InChI=1S/C15H28N2.Li/c1-10(2)16(11(3)4)14-9-15(14)17(12(5)6)13(7)8;/h10-13H,1-8H3;. The Balaban J connectivity index is 3.01. The molecule has 18 heavy (non-hydrogen) atoms. The van der Waals surface area contributed by atoms with Gasteiger partial charge in [0, 0.05) is 0 Å². The third-order valence-electron chi connectivity index (χ3n) is 3.61. The Morgan fingerprint density at radius 3 is 1.00 bits per heavy atom. The zero-order valence-electron chi connectivity index (χ0n) is 13.7. The first-order valence-electron chi connectivity index (χ1n) is 7.35. The van der Waals surface area contributed by atoms with Crippen LogP contribution in [0.3, 0.4) is 0 Å². The molecule has 0 aromatic carbocycles. The minimum absolute atomic E-state index is 0.564. The van der Waals surface area contributed by atoms with Crippen molar-refractivity contribution in [2.45, 2.75) is 79.6 Å². The van der Waals surface area contributed by atoms with Crippen LogP contribution in [0.15, 0.2) is 11.4 Å². The van der Waals surface area contributed by atoms with E-state index in [0.29, 0.717) is 24.2 Å². The molecule has 0 atom stereocenters. The molecular formula is C15H28LiN2. The summed E-state index contributed by atoms with van der Waals surface area (Å²) < 4.78 is 1.49. The first kappa shape index (κ1) is 16.0. The first-order chi connectivity index (χ1) is 8.20. The molecule has 0 aliphatic heterocycles. The molecule has 0 N–H and O–H groups in total. The third-order valence-corrected chi connectivity index (χ3v) is 3.61. The summed E-state index contributed by atoms with van der Waals surface area (Å²) in [7, 11) is 0. The second-order valence-electron chi connectivity index (χ2n) is 6.51. The van der Waals surface area contributed by atoms with E-state index in [-0.39, 0.29) is 0 Å². The van der Waals surface area contributed by atoms with E-state index in [2.05, 4.69) is 82.9 Å². The molecule has 0 saturated heterocycles. The predicted molar refractivity (Wildman–Crippen MR) is 80.2 cm³/mol. The molecular weight excluding hydrogens is 215 g/mol. The molecule has 0 heterocycles. The van der Waals surface area contributed by atoms with E-state index in [1.54, 1.807) is 0 Å². The Morgan fingerprint density at radius 2 is 0.833 bits per heavy atom. The van der Waals surface area contributed by atoms with Gasteiger partial charge in [0.25, 0.3) is 0 Å². The summed E-state index contributed by atoms with van der Waals surface area (Å²) in [4.78, 5) is 5.09. The molecule has 0 saturated carbocycles. The molecule has 0 spiro atoms. The maximum absolute atomic E-state index is 2.54. The van der Waals surface area contributed by atoms with E-state index < -0.39 is 0 Å². The summed E-state index contributed by atoms with van der Waals surface area (Å²) in [6.45, 7) is 18.3. The number of nitrogens with zero attached hydrogens (tertiary/aromatic N) is 2. The molecule has 3 heteroatoms. The normalized spacial score (nSPS) is 16.6. The molecule has 0 bridgehead atoms. The summed E-state index contributed by atoms with van der Waals surface area (Å²) in [6, 6.07) is 2.25.